The molecule has 0 bridgehead atoms. The van der Waals surface area contributed by atoms with Gasteiger partial charge in [0.2, 0.25) is 4.32 Å². The van der Waals surface area contributed by atoms with E-state index in [1.807, 2.05) is 12.1 Å². The SMILES string of the molecule is CCCCCc1ccc(C(Br)(C(=O)OC)C(=O)OC)cc1. The van der Waals surface area contributed by atoms with Gasteiger partial charge in [0.15, 0.2) is 0 Å². The highest BCUT2D eigenvalue weighted by Crippen LogP contribution is 2.34. The van der Waals surface area contributed by atoms with Gasteiger partial charge in [0, 0.05) is 0 Å². The van der Waals surface area contributed by atoms with E-state index in [0.29, 0.717) is 5.56 Å². The van der Waals surface area contributed by atoms with E-state index in [2.05, 4.69) is 22.9 Å². The summed E-state index contributed by atoms with van der Waals surface area (Å²) in [7, 11) is 2.47. The Labute approximate surface area is 133 Å². The first-order valence-electron chi connectivity index (χ1n) is 6.95. The predicted molar refractivity (Wildman–Crippen MR) is 84.3 cm³/mol. The van der Waals surface area contributed by atoms with E-state index >= 15 is 0 Å². The zero-order chi connectivity index (χ0) is 15.9. The van der Waals surface area contributed by atoms with Crippen molar-refractivity contribution in [2.75, 3.05) is 14.2 Å². The minimum atomic E-state index is -1.61. The van der Waals surface area contributed by atoms with Gasteiger partial charge in [0.05, 0.1) is 14.2 Å². The van der Waals surface area contributed by atoms with Crippen LogP contribution in [0.1, 0.15) is 37.3 Å². The van der Waals surface area contributed by atoms with Crippen LogP contribution in [0.3, 0.4) is 0 Å². The van der Waals surface area contributed by atoms with Gasteiger partial charge >= 0.3 is 11.9 Å². The molecule has 0 atom stereocenters. The number of methoxy groups -OCH3 is 2. The smallest absolute Gasteiger partial charge is 0.338 e. The van der Waals surface area contributed by atoms with Crippen LogP contribution in [-0.4, -0.2) is 26.2 Å². The number of alkyl halides is 1. The van der Waals surface area contributed by atoms with Gasteiger partial charge in [-0.2, -0.15) is 0 Å². The summed E-state index contributed by atoms with van der Waals surface area (Å²) in [5, 5.41) is 0. The van der Waals surface area contributed by atoms with Gasteiger partial charge in [-0.25, -0.2) is 9.59 Å². The average Bonchev–Trinajstić information content (AvgIpc) is 2.53. The molecule has 0 saturated heterocycles. The van der Waals surface area contributed by atoms with E-state index in [4.69, 9.17) is 9.47 Å². The number of esters is 2. The lowest BCUT2D eigenvalue weighted by molar-refractivity contribution is -0.155. The molecule has 1 aromatic carbocycles. The number of hydrogen-bond donors (Lipinski definition) is 0. The number of ether oxygens (including phenoxy) is 2. The van der Waals surface area contributed by atoms with Crippen molar-refractivity contribution in [1.82, 2.24) is 0 Å². The second kappa shape index (κ2) is 8.17. The average molecular weight is 357 g/mol. The fourth-order valence-electron chi connectivity index (χ4n) is 2.08. The molecule has 0 aliphatic carbocycles. The maximum absolute atomic E-state index is 12.0. The van der Waals surface area contributed by atoms with Crippen molar-refractivity contribution in [1.29, 1.82) is 0 Å². The fourth-order valence-corrected chi connectivity index (χ4v) is 2.67. The van der Waals surface area contributed by atoms with E-state index in [-0.39, 0.29) is 0 Å². The highest BCUT2D eigenvalue weighted by molar-refractivity contribution is 9.10. The molecule has 0 heterocycles. The summed E-state index contributed by atoms with van der Waals surface area (Å²) in [6.07, 6.45) is 4.48. The van der Waals surface area contributed by atoms with Crippen LogP contribution in [0.2, 0.25) is 0 Å². The molecule has 5 heteroatoms. The first kappa shape index (κ1) is 17.7. The van der Waals surface area contributed by atoms with Crippen molar-refractivity contribution in [3.8, 4) is 0 Å². The Balaban J connectivity index is 2.99. The van der Waals surface area contributed by atoms with E-state index in [0.717, 1.165) is 12.8 Å². The molecular formula is C16H21BrO4. The van der Waals surface area contributed by atoms with Crippen LogP contribution in [0.4, 0.5) is 0 Å². The number of hydrogen-bond acceptors (Lipinski definition) is 4. The van der Waals surface area contributed by atoms with Crippen LogP contribution in [0.15, 0.2) is 24.3 Å². The highest BCUT2D eigenvalue weighted by Gasteiger charge is 2.47. The zero-order valence-corrected chi connectivity index (χ0v) is 14.2. The summed E-state index contributed by atoms with van der Waals surface area (Å²) in [6.45, 7) is 2.16. The highest BCUT2D eigenvalue weighted by atomic mass is 79.9. The minimum absolute atomic E-state index is 0.500. The van der Waals surface area contributed by atoms with Gasteiger partial charge in [-0.05, 0) is 24.0 Å². The number of carbonyl (C=O) groups is 2. The Morgan fingerprint density at radius 2 is 1.57 bits per heavy atom. The summed E-state index contributed by atoms with van der Waals surface area (Å²) >= 11 is 3.18. The molecule has 4 nitrogen and oxygen atoms in total. The maximum Gasteiger partial charge on any atom is 0.338 e. The lowest BCUT2D eigenvalue weighted by atomic mass is 9.96. The standard InChI is InChI=1S/C16H21BrO4/c1-4-5-6-7-12-8-10-13(11-9-12)16(17,14(18)20-2)15(19)21-3/h8-11H,4-7H2,1-3H3. The van der Waals surface area contributed by atoms with E-state index < -0.39 is 16.3 Å². The van der Waals surface area contributed by atoms with E-state index in [9.17, 15) is 9.59 Å². The molecule has 0 amide bonds. The molecule has 0 aliphatic rings. The van der Waals surface area contributed by atoms with Crippen molar-refractivity contribution in [2.45, 2.75) is 36.9 Å². The molecule has 1 aromatic rings. The second-order valence-corrected chi connectivity index (χ2v) is 5.99. The Kier molecular flexibility index (Phi) is 6.89. The van der Waals surface area contributed by atoms with Crippen LogP contribution in [0.25, 0.3) is 0 Å². The molecule has 116 valence electrons. The summed E-state index contributed by atoms with van der Waals surface area (Å²) in [5.41, 5.74) is 1.68. The van der Waals surface area contributed by atoms with Crippen molar-refractivity contribution in [2.24, 2.45) is 0 Å². The predicted octanol–water partition coefficient (Wildman–Crippen LogP) is 3.36. The Morgan fingerprint density at radius 1 is 1.05 bits per heavy atom. The first-order valence-corrected chi connectivity index (χ1v) is 7.75. The lowest BCUT2D eigenvalue weighted by Crippen LogP contribution is -2.39. The number of carbonyl (C=O) groups excluding carboxylic acids is 2. The number of unbranched alkanes of at least 4 members (excludes halogenated alkanes) is 2. The van der Waals surface area contributed by atoms with Gasteiger partial charge < -0.3 is 9.47 Å². The largest absolute Gasteiger partial charge is 0.467 e. The van der Waals surface area contributed by atoms with Crippen molar-refractivity contribution >= 4 is 27.9 Å². The third-order valence-electron chi connectivity index (χ3n) is 3.35. The molecule has 0 fully saturated rings. The summed E-state index contributed by atoms with van der Waals surface area (Å²) in [5.74, 6) is -1.40. The molecule has 0 N–H and O–H groups in total. The molecule has 0 unspecified atom stereocenters. The number of halogens is 1. The molecular weight excluding hydrogens is 336 g/mol. The fraction of sp³-hybridized carbons (Fsp3) is 0.500. The molecule has 0 aliphatic heterocycles. The van der Waals surface area contributed by atoms with Gasteiger partial charge in [-0.15, -0.1) is 0 Å². The normalized spacial score (nSPS) is 11.0. The van der Waals surface area contributed by atoms with Gasteiger partial charge in [0.25, 0.3) is 0 Å². The van der Waals surface area contributed by atoms with Crippen molar-refractivity contribution in [3.63, 3.8) is 0 Å². The van der Waals surface area contributed by atoms with Gasteiger partial charge in [-0.1, -0.05) is 60.0 Å². The summed E-state index contributed by atoms with van der Waals surface area (Å²) < 4.78 is 7.82. The number of aryl methyl sites for hydroxylation is 1. The van der Waals surface area contributed by atoms with Crippen LogP contribution in [0, 0.1) is 0 Å². The quantitative estimate of drug-likeness (QED) is 0.325. The minimum Gasteiger partial charge on any atom is -0.467 e. The summed E-state index contributed by atoms with van der Waals surface area (Å²) in [6, 6.07) is 7.35. The van der Waals surface area contributed by atoms with E-state index in [1.165, 1.54) is 32.6 Å². The molecule has 1 rings (SSSR count). The molecule has 0 spiro atoms. The van der Waals surface area contributed by atoms with Crippen molar-refractivity contribution < 1.29 is 19.1 Å². The Hall–Kier alpha value is -1.36. The van der Waals surface area contributed by atoms with Crippen LogP contribution >= 0.6 is 15.9 Å². The zero-order valence-electron chi connectivity index (χ0n) is 12.6. The van der Waals surface area contributed by atoms with Crippen molar-refractivity contribution in [3.05, 3.63) is 35.4 Å². The molecule has 21 heavy (non-hydrogen) atoms. The molecule has 0 radical (unpaired) electrons. The van der Waals surface area contributed by atoms with Crippen LogP contribution < -0.4 is 0 Å². The monoisotopic (exact) mass is 356 g/mol. The second-order valence-electron chi connectivity index (χ2n) is 4.80. The number of benzene rings is 1. The topological polar surface area (TPSA) is 52.6 Å². The maximum atomic E-state index is 12.0. The third-order valence-corrected chi connectivity index (χ3v) is 4.46. The van der Waals surface area contributed by atoms with E-state index in [1.54, 1.807) is 12.1 Å². The Bertz CT molecular complexity index is 466. The Morgan fingerprint density at radius 3 is 2.00 bits per heavy atom. The van der Waals surface area contributed by atoms with Crippen LogP contribution in [0.5, 0.6) is 0 Å². The third kappa shape index (κ3) is 4.06. The van der Waals surface area contributed by atoms with Gasteiger partial charge in [-0.3, -0.25) is 0 Å². The lowest BCUT2D eigenvalue weighted by Gasteiger charge is -2.22. The summed E-state index contributed by atoms with van der Waals surface area (Å²) in [4.78, 5) is 23.9. The number of rotatable bonds is 7. The molecule has 0 saturated carbocycles. The molecule has 0 aromatic heterocycles. The first-order chi connectivity index (χ1) is 10.00. The van der Waals surface area contributed by atoms with Crippen LogP contribution in [-0.2, 0) is 29.8 Å². The van der Waals surface area contributed by atoms with Gasteiger partial charge in [0.1, 0.15) is 0 Å².